The summed E-state index contributed by atoms with van der Waals surface area (Å²) in [6.45, 7) is 4.61. The molecule has 0 bridgehead atoms. The molecular weight excluding hydrogens is 346 g/mol. The van der Waals surface area contributed by atoms with E-state index >= 15 is 0 Å². The van der Waals surface area contributed by atoms with Gasteiger partial charge < -0.3 is 19.7 Å². The van der Waals surface area contributed by atoms with Crippen molar-refractivity contribution in [2.75, 3.05) is 25.1 Å². The molecule has 3 rings (SSSR count). The summed E-state index contributed by atoms with van der Waals surface area (Å²) in [5.41, 5.74) is 0.851. The molecule has 142 valence electrons. The van der Waals surface area contributed by atoms with Crippen molar-refractivity contribution in [1.82, 2.24) is 9.88 Å². The predicted octanol–water partition coefficient (Wildman–Crippen LogP) is 2.41. The zero-order valence-electron chi connectivity index (χ0n) is 15.4. The topological polar surface area (TPSA) is 80.8 Å². The zero-order chi connectivity index (χ0) is 19.2. The first kappa shape index (κ1) is 18.8. The second-order valence-corrected chi connectivity index (χ2v) is 6.05. The van der Waals surface area contributed by atoms with Crippen molar-refractivity contribution < 1.29 is 19.1 Å². The van der Waals surface area contributed by atoms with Gasteiger partial charge in [0.05, 0.1) is 12.6 Å². The monoisotopic (exact) mass is 369 g/mol. The van der Waals surface area contributed by atoms with E-state index < -0.39 is 12.1 Å². The van der Waals surface area contributed by atoms with Crippen LogP contribution in [0.2, 0.25) is 0 Å². The Labute approximate surface area is 158 Å². The molecule has 1 saturated heterocycles. The molecule has 2 aromatic rings. The van der Waals surface area contributed by atoms with Crippen LogP contribution in [0, 0.1) is 0 Å². The number of rotatable bonds is 6. The number of ether oxygens (including phenoxy) is 2. The van der Waals surface area contributed by atoms with Gasteiger partial charge in [0.2, 0.25) is 11.8 Å². The van der Waals surface area contributed by atoms with Crippen LogP contribution in [0.1, 0.15) is 25.5 Å². The van der Waals surface area contributed by atoms with E-state index in [-0.39, 0.29) is 18.4 Å². The molecule has 2 amide bonds. The summed E-state index contributed by atoms with van der Waals surface area (Å²) in [7, 11) is 0. The minimum Gasteiger partial charge on any atom is -0.478 e. The molecule has 1 aliphatic rings. The Morgan fingerprint density at radius 1 is 1.22 bits per heavy atom. The van der Waals surface area contributed by atoms with Crippen LogP contribution in [0.25, 0.3) is 0 Å². The first-order valence-corrected chi connectivity index (χ1v) is 9.00. The van der Waals surface area contributed by atoms with Crippen molar-refractivity contribution >= 4 is 17.6 Å². The second kappa shape index (κ2) is 8.64. The van der Waals surface area contributed by atoms with Crippen LogP contribution in [0.3, 0.4) is 0 Å². The molecule has 2 atom stereocenters. The summed E-state index contributed by atoms with van der Waals surface area (Å²) in [6, 6.07) is 14.1. The molecule has 27 heavy (non-hydrogen) atoms. The lowest BCUT2D eigenvalue weighted by Crippen LogP contribution is -2.53. The van der Waals surface area contributed by atoms with Crippen LogP contribution in [-0.2, 0) is 14.3 Å². The van der Waals surface area contributed by atoms with Crippen molar-refractivity contribution in [3.8, 4) is 5.88 Å². The van der Waals surface area contributed by atoms with Crippen molar-refractivity contribution in [3.63, 3.8) is 0 Å². The number of likely N-dealkylation sites (N-methyl/N-ethyl adjacent to an activating group) is 1. The molecule has 7 heteroatoms. The van der Waals surface area contributed by atoms with Gasteiger partial charge in [0, 0.05) is 12.6 Å². The van der Waals surface area contributed by atoms with Crippen molar-refractivity contribution in [2.24, 2.45) is 0 Å². The van der Waals surface area contributed by atoms with Crippen LogP contribution in [-0.4, -0.2) is 47.6 Å². The number of nitrogens with zero attached hydrogens (tertiary/aromatic N) is 2. The van der Waals surface area contributed by atoms with E-state index in [1.807, 2.05) is 44.2 Å². The van der Waals surface area contributed by atoms with Gasteiger partial charge in [-0.3, -0.25) is 9.59 Å². The molecule has 0 radical (unpaired) electrons. The predicted molar refractivity (Wildman–Crippen MR) is 100 cm³/mol. The normalized spacial score (nSPS) is 19.6. The lowest BCUT2D eigenvalue weighted by atomic mass is 9.97. The SMILES string of the molecule is CCOc1cccc(NC(=O)[C@@H]2OCC(=O)N(CC)[C@H]2c2ccccc2)n1. The third-order valence-electron chi connectivity index (χ3n) is 4.34. The molecule has 0 spiro atoms. The number of carbonyl (C=O) groups is 2. The molecule has 1 N–H and O–H groups in total. The molecule has 0 saturated carbocycles. The molecular formula is C20H23N3O4. The maximum Gasteiger partial charge on any atom is 0.257 e. The maximum absolute atomic E-state index is 12.9. The number of anilines is 1. The van der Waals surface area contributed by atoms with Gasteiger partial charge in [-0.25, -0.2) is 0 Å². The second-order valence-electron chi connectivity index (χ2n) is 6.05. The van der Waals surface area contributed by atoms with Crippen LogP contribution < -0.4 is 10.1 Å². The van der Waals surface area contributed by atoms with E-state index in [2.05, 4.69) is 10.3 Å². The highest BCUT2D eigenvalue weighted by Crippen LogP contribution is 2.30. The average molecular weight is 369 g/mol. The zero-order valence-corrected chi connectivity index (χ0v) is 15.4. The summed E-state index contributed by atoms with van der Waals surface area (Å²) in [4.78, 5) is 31.2. The number of pyridine rings is 1. The molecule has 2 heterocycles. The fraction of sp³-hybridized carbons (Fsp3) is 0.350. The largest absolute Gasteiger partial charge is 0.478 e. The highest BCUT2D eigenvalue weighted by atomic mass is 16.5. The molecule has 1 aliphatic heterocycles. The average Bonchev–Trinajstić information content (AvgIpc) is 2.69. The first-order valence-electron chi connectivity index (χ1n) is 9.00. The van der Waals surface area contributed by atoms with Gasteiger partial charge >= 0.3 is 0 Å². The Kier molecular flexibility index (Phi) is 6.03. The van der Waals surface area contributed by atoms with Crippen molar-refractivity contribution in [2.45, 2.75) is 26.0 Å². The first-order chi connectivity index (χ1) is 13.1. The van der Waals surface area contributed by atoms with E-state index in [9.17, 15) is 9.59 Å². The third-order valence-corrected chi connectivity index (χ3v) is 4.34. The number of aromatic nitrogens is 1. The van der Waals surface area contributed by atoms with Gasteiger partial charge in [0.25, 0.3) is 5.91 Å². The fourth-order valence-electron chi connectivity index (χ4n) is 3.16. The standard InChI is InChI=1S/C20H23N3O4/c1-3-23-17(24)13-27-19(18(23)14-9-6-5-7-10-14)20(25)22-15-11-8-12-16(21-15)26-4-2/h5-12,18-19H,3-4,13H2,1-2H3,(H,21,22,25)/t18-,19+/m0/s1. The van der Waals surface area contributed by atoms with E-state index in [0.717, 1.165) is 5.56 Å². The summed E-state index contributed by atoms with van der Waals surface area (Å²) < 4.78 is 11.0. The Morgan fingerprint density at radius 2 is 2.00 bits per heavy atom. The van der Waals surface area contributed by atoms with E-state index in [1.165, 1.54) is 0 Å². The number of nitrogens with one attached hydrogen (secondary N) is 1. The van der Waals surface area contributed by atoms with Gasteiger partial charge in [-0.15, -0.1) is 0 Å². The fourth-order valence-corrected chi connectivity index (χ4v) is 3.16. The highest BCUT2D eigenvalue weighted by molar-refractivity contribution is 5.95. The summed E-state index contributed by atoms with van der Waals surface area (Å²) in [5, 5.41) is 2.78. The molecule has 0 aliphatic carbocycles. The molecule has 1 aromatic carbocycles. The minimum atomic E-state index is -0.831. The van der Waals surface area contributed by atoms with E-state index in [0.29, 0.717) is 24.8 Å². The quantitative estimate of drug-likeness (QED) is 0.846. The Bertz CT molecular complexity index is 797. The van der Waals surface area contributed by atoms with Gasteiger partial charge in [0.15, 0.2) is 6.10 Å². The molecule has 7 nitrogen and oxygen atoms in total. The number of benzene rings is 1. The smallest absolute Gasteiger partial charge is 0.257 e. The summed E-state index contributed by atoms with van der Waals surface area (Å²) in [5.74, 6) is 0.328. The summed E-state index contributed by atoms with van der Waals surface area (Å²) >= 11 is 0. The molecule has 1 aromatic heterocycles. The maximum atomic E-state index is 12.9. The minimum absolute atomic E-state index is 0.123. The lowest BCUT2D eigenvalue weighted by Gasteiger charge is -2.40. The van der Waals surface area contributed by atoms with E-state index in [1.54, 1.807) is 23.1 Å². The number of hydrogen-bond donors (Lipinski definition) is 1. The third kappa shape index (κ3) is 4.25. The van der Waals surface area contributed by atoms with Crippen LogP contribution in [0.15, 0.2) is 48.5 Å². The Morgan fingerprint density at radius 3 is 2.70 bits per heavy atom. The van der Waals surface area contributed by atoms with E-state index in [4.69, 9.17) is 9.47 Å². The van der Waals surface area contributed by atoms with Gasteiger partial charge in [-0.1, -0.05) is 36.4 Å². The Hall–Kier alpha value is -2.93. The number of morpholine rings is 1. The molecule has 1 fully saturated rings. The van der Waals surface area contributed by atoms with Crippen LogP contribution in [0.5, 0.6) is 5.88 Å². The Balaban J connectivity index is 1.85. The van der Waals surface area contributed by atoms with Crippen molar-refractivity contribution in [3.05, 3.63) is 54.1 Å². The summed E-state index contributed by atoms with van der Waals surface area (Å²) in [6.07, 6.45) is -0.831. The highest BCUT2D eigenvalue weighted by Gasteiger charge is 2.41. The van der Waals surface area contributed by atoms with Gasteiger partial charge in [-0.2, -0.15) is 4.98 Å². The number of amides is 2. The lowest BCUT2D eigenvalue weighted by molar-refractivity contribution is -0.162. The molecule has 0 unspecified atom stereocenters. The van der Waals surface area contributed by atoms with Crippen molar-refractivity contribution in [1.29, 1.82) is 0 Å². The number of carbonyl (C=O) groups excluding carboxylic acids is 2. The number of hydrogen-bond acceptors (Lipinski definition) is 5. The van der Waals surface area contributed by atoms with Crippen LogP contribution in [0.4, 0.5) is 5.82 Å². The van der Waals surface area contributed by atoms with Gasteiger partial charge in [0.1, 0.15) is 12.4 Å². The van der Waals surface area contributed by atoms with Crippen LogP contribution >= 0.6 is 0 Å². The van der Waals surface area contributed by atoms with Gasteiger partial charge in [-0.05, 0) is 25.5 Å².